The van der Waals surface area contributed by atoms with Crippen molar-refractivity contribution in [2.24, 2.45) is 16.7 Å². The standard InChI is InChI=1S/C17H36N2/c1-7-17(8-2,13-18-6)14-19-11-9-15(10-12-19)16(3,4)5/h15,18H,7-14H2,1-6H3. The summed E-state index contributed by atoms with van der Waals surface area (Å²) in [4.78, 5) is 2.71. The van der Waals surface area contributed by atoms with Crippen LogP contribution in [-0.4, -0.2) is 38.1 Å². The highest BCUT2D eigenvalue weighted by atomic mass is 15.1. The fourth-order valence-electron chi connectivity index (χ4n) is 3.59. The quantitative estimate of drug-likeness (QED) is 0.789. The molecular weight excluding hydrogens is 232 g/mol. The first kappa shape index (κ1) is 17.0. The second-order valence-electron chi connectivity index (χ2n) is 7.65. The van der Waals surface area contributed by atoms with Crippen LogP contribution in [0.5, 0.6) is 0 Å². The number of likely N-dealkylation sites (tertiary alicyclic amines) is 1. The van der Waals surface area contributed by atoms with Crippen molar-refractivity contribution in [2.45, 2.75) is 60.3 Å². The van der Waals surface area contributed by atoms with Crippen LogP contribution in [-0.2, 0) is 0 Å². The van der Waals surface area contributed by atoms with Crippen LogP contribution in [0.25, 0.3) is 0 Å². The second kappa shape index (κ2) is 7.08. The van der Waals surface area contributed by atoms with Crippen molar-refractivity contribution in [3.8, 4) is 0 Å². The minimum absolute atomic E-state index is 0.476. The number of rotatable bonds is 6. The molecule has 0 amide bonds. The molecule has 2 heteroatoms. The maximum atomic E-state index is 3.41. The van der Waals surface area contributed by atoms with Gasteiger partial charge in [-0.25, -0.2) is 0 Å². The number of hydrogen-bond donors (Lipinski definition) is 1. The lowest BCUT2D eigenvalue weighted by atomic mass is 9.74. The van der Waals surface area contributed by atoms with E-state index in [1.54, 1.807) is 0 Å². The van der Waals surface area contributed by atoms with E-state index in [1.165, 1.54) is 45.3 Å². The van der Waals surface area contributed by atoms with Crippen molar-refractivity contribution in [3.63, 3.8) is 0 Å². The summed E-state index contributed by atoms with van der Waals surface area (Å²) in [5.74, 6) is 0.908. The molecule has 0 saturated carbocycles. The van der Waals surface area contributed by atoms with E-state index in [2.05, 4.69) is 51.9 Å². The Morgan fingerprint density at radius 3 is 1.95 bits per heavy atom. The average molecular weight is 268 g/mol. The van der Waals surface area contributed by atoms with Crippen molar-refractivity contribution in [2.75, 3.05) is 33.2 Å². The summed E-state index contributed by atoms with van der Waals surface area (Å²) in [7, 11) is 2.09. The zero-order valence-electron chi connectivity index (χ0n) is 14.2. The highest BCUT2D eigenvalue weighted by Crippen LogP contribution is 2.36. The van der Waals surface area contributed by atoms with Crippen LogP contribution in [0.1, 0.15) is 60.3 Å². The highest BCUT2D eigenvalue weighted by molar-refractivity contribution is 4.86. The van der Waals surface area contributed by atoms with Crippen molar-refractivity contribution < 1.29 is 0 Å². The maximum Gasteiger partial charge on any atom is 0.00499 e. The molecule has 0 spiro atoms. The van der Waals surface area contributed by atoms with Gasteiger partial charge in [0, 0.05) is 13.1 Å². The minimum atomic E-state index is 0.476. The first-order chi connectivity index (χ1) is 8.87. The molecule has 1 fully saturated rings. The van der Waals surface area contributed by atoms with Crippen LogP contribution in [0, 0.1) is 16.7 Å². The van der Waals surface area contributed by atoms with Gasteiger partial charge in [0.1, 0.15) is 0 Å². The topological polar surface area (TPSA) is 15.3 Å². The van der Waals surface area contributed by atoms with Gasteiger partial charge in [0.25, 0.3) is 0 Å². The van der Waals surface area contributed by atoms with Gasteiger partial charge >= 0.3 is 0 Å². The van der Waals surface area contributed by atoms with E-state index in [1.807, 2.05) is 0 Å². The SMILES string of the molecule is CCC(CC)(CNC)CN1CCC(C(C)(C)C)CC1. The van der Waals surface area contributed by atoms with Crippen molar-refractivity contribution >= 4 is 0 Å². The van der Waals surface area contributed by atoms with Crippen LogP contribution in [0.3, 0.4) is 0 Å². The Bertz CT molecular complexity index is 242. The Kier molecular flexibility index (Phi) is 6.32. The molecule has 1 N–H and O–H groups in total. The average Bonchev–Trinajstić information content (AvgIpc) is 2.37. The van der Waals surface area contributed by atoms with Crippen LogP contribution >= 0.6 is 0 Å². The lowest BCUT2D eigenvalue weighted by molar-refractivity contribution is 0.0701. The first-order valence-corrected chi connectivity index (χ1v) is 8.24. The molecule has 0 aromatic heterocycles. The Hall–Kier alpha value is -0.0800. The van der Waals surface area contributed by atoms with Crippen LogP contribution < -0.4 is 5.32 Å². The molecule has 19 heavy (non-hydrogen) atoms. The minimum Gasteiger partial charge on any atom is -0.319 e. The van der Waals surface area contributed by atoms with Gasteiger partial charge in [-0.3, -0.25) is 0 Å². The molecule has 0 atom stereocenters. The number of piperidine rings is 1. The summed E-state index contributed by atoms with van der Waals surface area (Å²) < 4.78 is 0. The van der Waals surface area contributed by atoms with Crippen molar-refractivity contribution in [1.82, 2.24) is 10.2 Å². The van der Waals surface area contributed by atoms with E-state index in [0.29, 0.717) is 10.8 Å². The summed E-state index contributed by atoms with van der Waals surface area (Å²) in [6.07, 6.45) is 5.33. The molecule has 2 nitrogen and oxygen atoms in total. The fraction of sp³-hybridized carbons (Fsp3) is 1.00. The molecular formula is C17H36N2. The lowest BCUT2D eigenvalue weighted by Gasteiger charge is -2.43. The van der Waals surface area contributed by atoms with Crippen LogP contribution in [0.15, 0.2) is 0 Å². The van der Waals surface area contributed by atoms with Gasteiger partial charge in [0.05, 0.1) is 0 Å². The van der Waals surface area contributed by atoms with E-state index >= 15 is 0 Å². The largest absolute Gasteiger partial charge is 0.319 e. The molecule has 1 rings (SSSR count). The van der Waals surface area contributed by atoms with E-state index in [-0.39, 0.29) is 0 Å². The molecule has 0 bridgehead atoms. The monoisotopic (exact) mass is 268 g/mol. The molecule has 1 aliphatic heterocycles. The van der Waals surface area contributed by atoms with Gasteiger partial charge in [-0.15, -0.1) is 0 Å². The summed E-state index contributed by atoms with van der Waals surface area (Å²) in [6, 6.07) is 0. The zero-order chi connectivity index (χ0) is 14.5. The third kappa shape index (κ3) is 4.75. The predicted octanol–water partition coefficient (Wildman–Crippen LogP) is 3.77. The molecule has 114 valence electrons. The van der Waals surface area contributed by atoms with Crippen molar-refractivity contribution in [1.29, 1.82) is 0 Å². The van der Waals surface area contributed by atoms with Gasteiger partial charge in [-0.05, 0) is 62.6 Å². The van der Waals surface area contributed by atoms with E-state index in [9.17, 15) is 0 Å². The van der Waals surface area contributed by atoms with E-state index < -0.39 is 0 Å². The Labute approximate surface area is 121 Å². The van der Waals surface area contributed by atoms with Crippen LogP contribution in [0.4, 0.5) is 0 Å². The Balaban J connectivity index is 2.51. The normalized spacial score (nSPS) is 19.9. The van der Waals surface area contributed by atoms with Gasteiger partial charge < -0.3 is 10.2 Å². The zero-order valence-corrected chi connectivity index (χ0v) is 14.2. The smallest absolute Gasteiger partial charge is 0.00499 e. The molecule has 0 aromatic carbocycles. The van der Waals surface area contributed by atoms with E-state index in [4.69, 9.17) is 0 Å². The molecule has 0 radical (unpaired) electrons. The molecule has 1 aliphatic rings. The molecule has 0 aromatic rings. The fourth-order valence-corrected chi connectivity index (χ4v) is 3.59. The number of nitrogens with one attached hydrogen (secondary N) is 1. The maximum absolute atomic E-state index is 3.41. The summed E-state index contributed by atoms with van der Waals surface area (Å²) in [6.45, 7) is 16.9. The molecule has 0 aliphatic carbocycles. The molecule has 1 heterocycles. The van der Waals surface area contributed by atoms with E-state index in [0.717, 1.165) is 12.5 Å². The first-order valence-electron chi connectivity index (χ1n) is 8.24. The van der Waals surface area contributed by atoms with Gasteiger partial charge in [0.15, 0.2) is 0 Å². The third-order valence-corrected chi connectivity index (χ3v) is 5.42. The van der Waals surface area contributed by atoms with Crippen LogP contribution in [0.2, 0.25) is 0 Å². The molecule has 0 unspecified atom stereocenters. The Morgan fingerprint density at radius 2 is 1.58 bits per heavy atom. The summed E-state index contributed by atoms with van der Waals surface area (Å²) in [5.41, 5.74) is 0.965. The lowest BCUT2D eigenvalue weighted by Crippen LogP contribution is -2.46. The summed E-state index contributed by atoms with van der Waals surface area (Å²) >= 11 is 0. The predicted molar refractivity (Wildman–Crippen MR) is 85.6 cm³/mol. The third-order valence-electron chi connectivity index (χ3n) is 5.42. The van der Waals surface area contributed by atoms with Crippen molar-refractivity contribution in [3.05, 3.63) is 0 Å². The van der Waals surface area contributed by atoms with Gasteiger partial charge in [0.2, 0.25) is 0 Å². The number of nitrogens with zero attached hydrogens (tertiary/aromatic N) is 1. The molecule has 1 saturated heterocycles. The Morgan fingerprint density at radius 1 is 1.05 bits per heavy atom. The van der Waals surface area contributed by atoms with Gasteiger partial charge in [-0.1, -0.05) is 34.6 Å². The highest BCUT2D eigenvalue weighted by Gasteiger charge is 2.33. The number of hydrogen-bond acceptors (Lipinski definition) is 2. The van der Waals surface area contributed by atoms with Gasteiger partial charge in [-0.2, -0.15) is 0 Å². The second-order valence-corrected chi connectivity index (χ2v) is 7.65. The summed E-state index contributed by atoms with van der Waals surface area (Å²) in [5, 5.41) is 3.41.